The number of ketones is 1. The first kappa shape index (κ1) is 12.3. The summed E-state index contributed by atoms with van der Waals surface area (Å²) in [4.78, 5) is 16.0. The van der Waals surface area contributed by atoms with Crippen molar-refractivity contribution < 1.29 is 9.53 Å². The molecule has 1 saturated heterocycles. The van der Waals surface area contributed by atoms with Crippen molar-refractivity contribution in [1.29, 1.82) is 0 Å². The van der Waals surface area contributed by atoms with Gasteiger partial charge in [-0.25, -0.2) is 4.98 Å². The normalized spacial score (nSPS) is 19.7. The van der Waals surface area contributed by atoms with Crippen molar-refractivity contribution in [3.05, 3.63) is 18.2 Å². The van der Waals surface area contributed by atoms with Crippen LogP contribution in [-0.2, 0) is 11.3 Å². The molecule has 0 bridgehead atoms. The van der Waals surface area contributed by atoms with Crippen LogP contribution in [0.2, 0.25) is 0 Å². The molecule has 1 aliphatic heterocycles. The number of imidazole rings is 1. The van der Waals surface area contributed by atoms with Crippen LogP contribution in [0.3, 0.4) is 0 Å². The molecule has 0 amide bonds. The van der Waals surface area contributed by atoms with Crippen molar-refractivity contribution in [3.63, 3.8) is 0 Å². The lowest BCUT2D eigenvalue weighted by atomic mass is 10.1. The van der Waals surface area contributed by atoms with Crippen LogP contribution in [0, 0.1) is 0 Å². The van der Waals surface area contributed by atoms with Gasteiger partial charge in [0.15, 0.2) is 5.78 Å². The predicted octanol–water partition coefficient (Wildman–Crippen LogP) is 0.984. The Morgan fingerprint density at radius 1 is 1.65 bits per heavy atom. The molecule has 0 aromatic carbocycles. The molecule has 94 valence electrons. The molecule has 1 aliphatic rings. The molecule has 2 N–H and O–H groups in total. The highest BCUT2D eigenvalue weighted by atomic mass is 16.5. The fourth-order valence-corrected chi connectivity index (χ4v) is 2.07. The van der Waals surface area contributed by atoms with E-state index < -0.39 is 0 Å². The van der Waals surface area contributed by atoms with Gasteiger partial charge in [-0.05, 0) is 19.3 Å². The fraction of sp³-hybridized carbons (Fsp3) is 0.667. The maximum atomic E-state index is 11.9. The van der Waals surface area contributed by atoms with Crippen molar-refractivity contribution in [3.8, 4) is 0 Å². The summed E-state index contributed by atoms with van der Waals surface area (Å²) in [6, 6.07) is 0. The minimum absolute atomic E-state index is 0.0938. The van der Waals surface area contributed by atoms with E-state index in [-0.39, 0.29) is 11.9 Å². The molecule has 1 atom stereocenters. The van der Waals surface area contributed by atoms with E-state index in [4.69, 9.17) is 10.5 Å². The Balaban J connectivity index is 1.81. The van der Waals surface area contributed by atoms with Gasteiger partial charge in [0.25, 0.3) is 0 Å². The smallest absolute Gasteiger partial charge is 0.182 e. The van der Waals surface area contributed by atoms with E-state index in [1.54, 1.807) is 12.5 Å². The monoisotopic (exact) mass is 237 g/mol. The molecule has 0 spiro atoms. The molecule has 1 aromatic rings. The van der Waals surface area contributed by atoms with Gasteiger partial charge in [-0.3, -0.25) is 4.79 Å². The van der Waals surface area contributed by atoms with Gasteiger partial charge in [0, 0.05) is 32.3 Å². The number of rotatable bonds is 6. The Morgan fingerprint density at radius 2 is 2.53 bits per heavy atom. The van der Waals surface area contributed by atoms with E-state index in [0.717, 1.165) is 25.9 Å². The Labute approximate surface area is 101 Å². The van der Waals surface area contributed by atoms with Crippen LogP contribution in [-0.4, -0.2) is 34.6 Å². The number of carbonyl (C=O) groups excluding carboxylic acids is 1. The zero-order valence-electron chi connectivity index (χ0n) is 9.97. The minimum Gasteiger partial charge on any atom is -0.378 e. The largest absolute Gasteiger partial charge is 0.378 e. The molecule has 1 fully saturated rings. The molecule has 5 nitrogen and oxygen atoms in total. The van der Waals surface area contributed by atoms with E-state index >= 15 is 0 Å². The lowest BCUT2D eigenvalue weighted by molar-refractivity contribution is 0.0856. The Kier molecular flexibility index (Phi) is 4.28. The molecule has 2 heterocycles. The first-order chi connectivity index (χ1) is 8.29. The third kappa shape index (κ3) is 3.38. The zero-order valence-corrected chi connectivity index (χ0v) is 9.97. The topological polar surface area (TPSA) is 70.1 Å². The van der Waals surface area contributed by atoms with Gasteiger partial charge in [-0.1, -0.05) is 0 Å². The molecule has 17 heavy (non-hydrogen) atoms. The summed E-state index contributed by atoms with van der Waals surface area (Å²) in [5.41, 5.74) is 5.98. The van der Waals surface area contributed by atoms with Gasteiger partial charge < -0.3 is 15.0 Å². The van der Waals surface area contributed by atoms with Crippen LogP contribution < -0.4 is 5.73 Å². The molecule has 1 unspecified atom stereocenters. The predicted molar refractivity (Wildman–Crippen MR) is 63.8 cm³/mol. The summed E-state index contributed by atoms with van der Waals surface area (Å²) in [5, 5.41) is 0. The number of ether oxygens (including phenoxy) is 1. The second-order valence-electron chi connectivity index (χ2n) is 4.38. The van der Waals surface area contributed by atoms with Crippen molar-refractivity contribution in [2.45, 2.75) is 38.3 Å². The summed E-state index contributed by atoms with van der Waals surface area (Å²) in [5.74, 6) is 0.0938. The first-order valence-electron chi connectivity index (χ1n) is 6.16. The molecule has 1 aromatic heterocycles. The number of hydrogen-bond donors (Lipinski definition) is 1. The number of nitrogens with zero attached hydrogens (tertiary/aromatic N) is 2. The number of carbonyl (C=O) groups is 1. The highest BCUT2D eigenvalue weighted by molar-refractivity contribution is 5.93. The van der Waals surface area contributed by atoms with E-state index in [2.05, 4.69) is 4.98 Å². The number of aromatic nitrogens is 2. The summed E-state index contributed by atoms with van der Waals surface area (Å²) in [6.45, 7) is 2.09. The zero-order chi connectivity index (χ0) is 12.1. The highest BCUT2D eigenvalue weighted by Gasteiger charge is 2.18. The van der Waals surface area contributed by atoms with Crippen LogP contribution >= 0.6 is 0 Å². The van der Waals surface area contributed by atoms with Gasteiger partial charge in [0.2, 0.25) is 0 Å². The SMILES string of the molecule is NCCn1cnc(C(=O)CCC2CCCO2)c1. The van der Waals surface area contributed by atoms with Crippen LogP contribution in [0.4, 0.5) is 0 Å². The Hall–Kier alpha value is -1.20. The molecule has 0 aliphatic carbocycles. The molecular formula is C12H19N3O2. The van der Waals surface area contributed by atoms with Gasteiger partial charge >= 0.3 is 0 Å². The molecule has 0 radical (unpaired) electrons. The van der Waals surface area contributed by atoms with Crippen LogP contribution in [0.25, 0.3) is 0 Å². The number of Topliss-reactive ketones (excluding diaryl/α,β-unsaturated/α-hetero) is 1. The van der Waals surface area contributed by atoms with Gasteiger partial charge in [-0.2, -0.15) is 0 Å². The maximum absolute atomic E-state index is 11.9. The summed E-state index contributed by atoms with van der Waals surface area (Å²) in [6.07, 6.45) is 7.22. The van der Waals surface area contributed by atoms with E-state index in [1.165, 1.54) is 0 Å². The second kappa shape index (κ2) is 5.93. The fourth-order valence-electron chi connectivity index (χ4n) is 2.07. The molecule has 5 heteroatoms. The Morgan fingerprint density at radius 3 is 3.24 bits per heavy atom. The van der Waals surface area contributed by atoms with Crippen molar-refractivity contribution in [1.82, 2.24) is 9.55 Å². The van der Waals surface area contributed by atoms with Gasteiger partial charge in [0.1, 0.15) is 5.69 Å². The van der Waals surface area contributed by atoms with Crippen LogP contribution in [0.15, 0.2) is 12.5 Å². The summed E-state index contributed by atoms with van der Waals surface area (Å²) in [7, 11) is 0. The lowest BCUT2D eigenvalue weighted by Crippen LogP contribution is -2.09. The Bertz CT molecular complexity index is 370. The van der Waals surface area contributed by atoms with Crippen molar-refractivity contribution in [2.75, 3.05) is 13.2 Å². The van der Waals surface area contributed by atoms with Gasteiger partial charge in [-0.15, -0.1) is 0 Å². The molecule has 2 rings (SSSR count). The average molecular weight is 237 g/mol. The highest BCUT2D eigenvalue weighted by Crippen LogP contribution is 2.17. The third-order valence-electron chi connectivity index (χ3n) is 3.02. The van der Waals surface area contributed by atoms with Crippen LogP contribution in [0.1, 0.15) is 36.2 Å². The standard InChI is InChI=1S/C12H19N3O2/c13-5-6-15-8-11(14-9-15)12(16)4-3-10-2-1-7-17-10/h8-10H,1-7,13H2. The minimum atomic E-state index is 0.0938. The van der Waals surface area contributed by atoms with E-state index in [1.807, 2.05) is 4.57 Å². The second-order valence-corrected chi connectivity index (χ2v) is 4.38. The molecular weight excluding hydrogens is 218 g/mol. The van der Waals surface area contributed by atoms with Crippen molar-refractivity contribution >= 4 is 5.78 Å². The first-order valence-corrected chi connectivity index (χ1v) is 6.16. The van der Waals surface area contributed by atoms with Gasteiger partial charge in [0.05, 0.1) is 12.4 Å². The summed E-state index contributed by atoms with van der Waals surface area (Å²) < 4.78 is 7.34. The average Bonchev–Trinajstić information content (AvgIpc) is 2.97. The quantitative estimate of drug-likeness (QED) is 0.749. The number of hydrogen-bond acceptors (Lipinski definition) is 4. The third-order valence-corrected chi connectivity index (χ3v) is 3.02. The van der Waals surface area contributed by atoms with E-state index in [0.29, 0.717) is 25.2 Å². The molecule has 0 saturated carbocycles. The maximum Gasteiger partial charge on any atom is 0.182 e. The van der Waals surface area contributed by atoms with Crippen LogP contribution in [0.5, 0.6) is 0 Å². The number of nitrogens with two attached hydrogens (primary N) is 1. The van der Waals surface area contributed by atoms with E-state index in [9.17, 15) is 4.79 Å². The summed E-state index contributed by atoms with van der Waals surface area (Å²) >= 11 is 0. The lowest BCUT2D eigenvalue weighted by Gasteiger charge is -2.06. The van der Waals surface area contributed by atoms with Crippen molar-refractivity contribution in [2.24, 2.45) is 5.73 Å².